The lowest BCUT2D eigenvalue weighted by Gasteiger charge is -2.23. The third kappa shape index (κ3) is 4.75. The molecule has 0 atom stereocenters. The van der Waals surface area contributed by atoms with Crippen molar-refractivity contribution in [1.29, 1.82) is 0 Å². The lowest BCUT2D eigenvalue weighted by Crippen LogP contribution is -2.33. The minimum atomic E-state index is -0.281. The van der Waals surface area contributed by atoms with Gasteiger partial charge in [-0.05, 0) is 42.5 Å². The van der Waals surface area contributed by atoms with Crippen LogP contribution >= 0.6 is 0 Å². The minimum absolute atomic E-state index is 0.0423. The van der Waals surface area contributed by atoms with Gasteiger partial charge in [0, 0.05) is 5.69 Å². The van der Waals surface area contributed by atoms with Crippen LogP contribution in [-0.2, 0) is 5.41 Å². The molecule has 0 fully saturated rings. The Labute approximate surface area is 144 Å². The van der Waals surface area contributed by atoms with Gasteiger partial charge in [0.1, 0.15) is 5.75 Å². The molecule has 4 nitrogen and oxygen atoms in total. The van der Waals surface area contributed by atoms with Crippen LogP contribution in [0.15, 0.2) is 42.5 Å². The Hall–Kier alpha value is -2.49. The van der Waals surface area contributed by atoms with E-state index in [4.69, 9.17) is 4.74 Å². The Kier molecular flexibility index (Phi) is 5.50. The molecule has 0 bridgehead atoms. The van der Waals surface area contributed by atoms with E-state index < -0.39 is 0 Å². The summed E-state index contributed by atoms with van der Waals surface area (Å²) in [5.41, 5.74) is 4.10. The quantitative estimate of drug-likeness (QED) is 0.796. The third-order valence-corrected chi connectivity index (χ3v) is 3.77. The van der Waals surface area contributed by atoms with Gasteiger partial charge in [-0.1, -0.05) is 56.7 Å². The molecule has 2 aromatic rings. The second kappa shape index (κ2) is 7.39. The minimum Gasteiger partial charge on any atom is -0.473 e. The summed E-state index contributed by atoms with van der Waals surface area (Å²) in [5, 5.41) is 5.62. The summed E-state index contributed by atoms with van der Waals surface area (Å²) in [4.78, 5) is 12.1. The highest BCUT2D eigenvalue weighted by atomic mass is 16.5. The molecule has 2 rings (SSSR count). The molecule has 0 aliphatic carbocycles. The second-order valence-corrected chi connectivity index (χ2v) is 6.98. The third-order valence-electron chi connectivity index (χ3n) is 3.77. The Bertz CT molecular complexity index is 718. The lowest BCUT2D eigenvalue weighted by atomic mass is 9.86. The first-order chi connectivity index (χ1) is 11.3. The van der Waals surface area contributed by atoms with Gasteiger partial charge in [-0.3, -0.25) is 0 Å². The number of rotatable bonds is 4. The number of carbonyl (C=O) groups excluding carboxylic acids is 1. The molecule has 0 aliphatic rings. The zero-order valence-corrected chi connectivity index (χ0v) is 15.1. The van der Waals surface area contributed by atoms with Crippen molar-refractivity contribution in [3.63, 3.8) is 0 Å². The molecule has 2 N–H and O–H groups in total. The number of para-hydroxylation sites is 1. The summed E-state index contributed by atoms with van der Waals surface area (Å²) in [7, 11) is 0. The maximum atomic E-state index is 12.1. The Morgan fingerprint density at radius 2 is 1.79 bits per heavy atom. The predicted octanol–water partition coefficient (Wildman–Crippen LogP) is 4.76. The maximum absolute atomic E-state index is 12.1. The zero-order chi connectivity index (χ0) is 17.7. The number of nitrogens with one attached hydrogen (secondary N) is 2. The molecule has 0 saturated carbocycles. The predicted molar refractivity (Wildman–Crippen MR) is 98.7 cm³/mol. The summed E-state index contributed by atoms with van der Waals surface area (Å²) in [6.45, 7) is 10.5. The van der Waals surface area contributed by atoms with Crippen molar-refractivity contribution in [2.75, 3.05) is 12.0 Å². The number of aryl methyl sites for hydroxylation is 2. The standard InChI is InChI=1S/C20H26N2O2/c1-14-10-11-18(15(2)12-14)24-13-21-19(23)22-17-9-7-6-8-16(17)20(3,4)5/h6-12H,13H2,1-5H3,(H2,21,22,23). The van der Waals surface area contributed by atoms with Gasteiger partial charge < -0.3 is 15.4 Å². The highest BCUT2D eigenvalue weighted by Crippen LogP contribution is 2.29. The number of anilines is 1. The molecule has 0 heterocycles. The molecule has 0 spiro atoms. The molecule has 128 valence electrons. The molecule has 0 aromatic heterocycles. The average Bonchev–Trinajstić information content (AvgIpc) is 2.49. The van der Waals surface area contributed by atoms with Crippen LogP contribution < -0.4 is 15.4 Å². The van der Waals surface area contributed by atoms with Gasteiger partial charge >= 0.3 is 6.03 Å². The van der Waals surface area contributed by atoms with Gasteiger partial charge in [-0.2, -0.15) is 0 Å². The molecule has 2 amide bonds. The van der Waals surface area contributed by atoms with Crippen molar-refractivity contribution < 1.29 is 9.53 Å². The summed E-state index contributed by atoms with van der Waals surface area (Å²) in [6.07, 6.45) is 0. The van der Waals surface area contributed by atoms with Gasteiger partial charge in [0.2, 0.25) is 0 Å². The molecule has 24 heavy (non-hydrogen) atoms. The Morgan fingerprint density at radius 3 is 2.46 bits per heavy atom. The number of amides is 2. The first-order valence-electron chi connectivity index (χ1n) is 8.12. The highest BCUT2D eigenvalue weighted by molar-refractivity contribution is 5.90. The first-order valence-corrected chi connectivity index (χ1v) is 8.12. The van der Waals surface area contributed by atoms with E-state index in [0.717, 1.165) is 22.6 Å². The molecule has 0 radical (unpaired) electrons. The van der Waals surface area contributed by atoms with E-state index in [1.165, 1.54) is 5.56 Å². The highest BCUT2D eigenvalue weighted by Gasteiger charge is 2.18. The van der Waals surface area contributed by atoms with Crippen LogP contribution in [0.3, 0.4) is 0 Å². The monoisotopic (exact) mass is 326 g/mol. The smallest absolute Gasteiger partial charge is 0.321 e. The molecule has 4 heteroatoms. The van der Waals surface area contributed by atoms with E-state index in [2.05, 4.69) is 37.5 Å². The number of urea groups is 1. The van der Waals surface area contributed by atoms with Gasteiger partial charge in [0.15, 0.2) is 6.73 Å². The topological polar surface area (TPSA) is 50.4 Å². The number of hydrogen-bond acceptors (Lipinski definition) is 2. The summed E-state index contributed by atoms with van der Waals surface area (Å²) >= 11 is 0. The second-order valence-electron chi connectivity index (χ2n) is 6.98. The van der Waals surface area contributed by atoms with E-state index in [-0.39, 0.29) is 18.2 Å². The summed E-state index contributed by atoms with van der Waals surface area (Å²) in [6, 6.07) is 13.5. The summed E-state index contributed by atoms with van der Waals surface area (Å²) in [5.74, 6) is 0.774. The van der Waals surface area contributed by atoms with Crippen LogP contribution in [0.2, 0.25) is 0 Å². The molecule has 0 unspecified atom stereocenters. The van der Waals surface area contributed by atoms with E-state index in [0.29, 0.717) is 0 Å². The Morgan fingerprint density at radius 1 is 1.08 bits per heavy atom. The van der Waals surface area contributed by atoms with Crippen molar-refractivity contribution in [3.8, 4) is 5.75 Å². The van der Waals surface area contributed by atoms with Crippen LogP contribution in [0.1, 0.15) is 37.5 Å². The maximum Gasteiger partial charge on any atom is 0.321 e. The molecular formula is C20H26N2O2. The van der Waals surface area contributed by atoms with E-state index in [1.807, 2.05) is 50.2 Å². The van der Waals surface area contributed by atoms with Crippen LogP contribution in [0.4, 0.5) is 10.5 Å². The van der Waals surface area contributed by atoms with E-state index in [9.17, 15) is 4.79 Å². The lowest BCUT2D eigenvalue weighted by molar-refractivity contribution is 0.234. The van der Waals surface area contributed by atoms with Gasteiger partial charge in [0.05, 0.1) is 0 Å². The number of ether oxygens (including phenoxy) is 1. The van der Waals surface area contributed by atoms with Gasteiger partial charge in [-0.15, -0.1) is 0 Å². The van der Waals surface area contributed by atoms with Crippen LogP contribution in [-0.4, -0.2) is 12.8 Å². The normalized spacial score (nSPS) is 11.0. The van der Waals surface area contributed by atoms with Crippen molar-refractivity contribution in [2.24, 2.45) is 0 Å². The Balaban J connectivity index is 1.93. The van der Waals surface area contributed by atoms with Gasteiger partial charge in [0.25, 0.3) is 0 Å². The summed E-state index contributed by atoms with van der Waals surface area (Å²) < 4.78 is 5.63. The molecular weight excluding hydrogens is 300 g/mol. The van der Waals surface area contributed by atoms with E-state index in [1.54, 1.807) is 0 Å². The SMILES string of the molecule is Cc1ccc(OCNC(=O)Nc2ccccc2C(C)(C)C)c(C)c1. The van der Waals surface area contributed by atoms with Crippen LogP contribution in [0, 0.1) is 13.8 Å². The van der Waals surface area contributed by atoms with Crippen LogP contribution in [0.25, 0.3) is 0 Å². The number of hydrogen-bond donors (Lipinski definition) is 2. The van der Waals surface area contributed by atoms with Crippen molar-refractivity contribution in [3.05, 3.63) is 59.2 Å². The number of benzene rings is 2. The largest absolute Gasteiger partial charge is 0.473 e. The first kappa shape index (κ1) is 17.9. The zero-order valence-electron chi connectivity index (χ0n) is 15.1. The van der Waals surface area contributed by atoms with Crippen molar-refractivity contribution in [2.45, 2.75) is 40.0 Å². The average molecular weight is 326 g/mol. The molecule has 2 aromatic carbocycles. The fourth-order valence-corrected chi connectivity index (χ4v) is 2.55. The fourth-order valence-electron chi connectivity index (χ4n) is 2.55. The molecule has 0 aliphatic heterocycles. The number of carbonyl (C=O) groups is 1. The van der Waals surface area contributed by atoms with Gasteiger partial charge in [-0.25, -0.2) is 4.79 Å². The molecule has 0 saturated heterocycles. The van der Waals surface area contributed by atoms with Crippen molar-refractivity contribution >= 4 is 11.7 Å². The van der Waals surface area contributed by atoms with Crippen molar-refractivity contribution in [1.82, 2.24) is 5.32 Å². The fraction of sp³-hybridized carbons (Fsp3) is 0.350. The van der Waals surface area contributed by atoms with Crippen LogP contribution in [0.5, 0.6) is 5.75 Å². The van der Waals surface area contributed by atoms with E-state index >= 15 is 0 Å².